The van der Waals surface area contributed by atoms with E-state index in [9.17, 15) is 0 Å². The van der Waals surface area contributed by atoms with Crippen LogP contribution in [0.1, 0.15) is 36.8 Å². The fraction of sp³-hybridized carbons (Fsp3) is 0.391. The average molecular weight is 315 g/mol. The van der Waals surface area contributed by atoms with E-state index in [1.165, 1.54) is 61.5 Å². The van der Waals surface area contributed by atoms with Crippen molar-refractivity contribution in [1.29, 1.82) is 0 Å². The van der Waals surface area contributed by atoms with Crippen LogP contribution in [0, 0.1) is 11.8 Å². The molecule has 3 aliphatic rings. The first-order valence-corrected chi connectivity index (χ1v) is 9.53. The molecule has 1 nitrogen and oxygen atoms in total. The molecule has 1 saturated heterocycles. The molecular formula is C23H25N. The van der Waals surface area contributed by atoms with E-state index in [0.717, 1.165) is 11.8 Å². The molecule has 0 amide bonds. The summed E-state index contributed by atoms with van der Waals surface area (Å²) >= 11 is 0. The zero-order valence-corrected chi connectivity index (χ0v) is 14.2. The lowest BCUT2D eigenvalue weighted by atomic mass is 9.67. The van der Waals surface area contributed by atoms with Crippen molar-refractivity contribution in [2.45, 2.75) is 32.1 Å². The van der Waals surface area contributed by atoms with E-state index in [2.05, 4.69) is 53.9 Å². The van der Waals surface area contributed by atoms with Crippen molar-refractivity contribution in [3.05, 3.63) is 65.3 Å². The van der Waals surface area contributed by atoms with Gasteiger partial charge in [-0.2, -0.15) is 0 Å². The second kappa shape index (κ2) is 5.89. The number of benzene rings is 2. The zero-order chi connectivity index (χ0) is 15.9. The van der Waals surface area contributed by atoms with Gasteiger partial charge in [-0.25, -0.2) is 0 Å². The fourth-order valence-electron chi connectivity index (χ4n) is 5.18. The van der Waals surface area contributed by atoms with Crippen molar-refractivity contribution in [2.24, 2.45) is 11.8 Å². The Morgan fingerprint density at radius 3 is 2.75 bits per heavy atom. The van der Waals surface area contributed by atoms with Crippen molar-refractivity contribution in [3.8, 4) is 0 Å². The number of fused-ring (bicyclic) bond motifs is 4. The first-order chi connectivity index (χ1) is 11.9. The van der Waals surface area contributed by atoms with Gasteiger partial charge in [-0.1, -0.05) is 54.1 Å². The number of allylic oxidation sites excluding steroid dienone is 4. The maximum atomic E-state index is 3.54. The van der Waals surface area contributed by atoms with E-state index >= 15 is 0 Å². The molecule has 122 valence electrons. The van der Waals surface area contributed by atoms with Gasteiger partial charge in [-0.3, -0.25) is 0 Å². The van der Waals surface area contributed by atoms with Crippen LogP contribution in [-0.2, 0) is 6.42 Å². The zero-order valence-electron chi connectivity index (χ0n) is 14.2. The van der Waals surface area contributed by atoms with E-state index in [-0.39, 0.29) is 0 Å². The first kappa shape index (κ1) is 14.5. The summed E-state index contributed by atoms with van der Waals surface area (Å²) in [5.41, 5.74) is 6.41. The molecule has 24 heavy (non-hydrogen) atoms. The molecule has 1 heterocycles. The summed E-state index contributed by atoms with van der Waals surface area (Å²) in [7, 11) is 0. The predicted octanol–water partition coefficient (Wildman–Crippen LogP) is 5.12. The standard InChI is InChI=1S/C23H25N/c1-2-6-18-16(5-1)9-10-21-19-7-3-4-8-20(19)22(15-23(18)21)17-11-13-24-14-12-17/h1-3,5-7,9-10,17,22,24H,4,8,11-15H2. The van der Waals surface area contributed by atoms with Crippen molar-refractivity contribution in [1.82, 2.24) is 5.32 Å². The van der Waals surface area contributed by atoms with Crippen LogP contribution in [0.15, 0.2) is 54.1 Å². The molecule has 1 N–H and O–H groups in total. The molecule has 0 aromatic heterocycles. The Balaban J connectivity index is 1.68. The van der Waals surface area contributed by atoms with Crippen molar-refractivity contribution >= 4 is 16.3 Å². The van der Waals surface area contributed by atoms with Crippen LogP contribution < -0.4 is 5.32 Å². The third-order valence-corrected chi connectivity index (χ3v) is 6.37. The van der Waals surface area contributed by atoms with Gasteiger partial charge in [0.1, 0.15) is 0 Å². The number of rotatable bonds is 1. The highest BCUT2D eigenvalue weighted by molar-refractivity contribution is 5.94. The van der Waals surface area contributed by atoms with Crippen molar-refractivity contribution in [3.63, 3.8) is 0 Å². The van der Waals surface area contributed by atoms with Gasteiger partial charge >= 0.3 is 0 Å². The summed E-state index contributed by atoms with van der Waals surface area (Å²) in [4.78, 5) is 0. The number of hydrogen-bond acceptors (Lipinski definition) is 1. The highest BCUT2D eigenvalue weighted by atomic mass is 14.9. The third-order valence-electron chi connectivity index (χ3n) is 6.37. The average Bonchev–Trinajstić information content (AvgIpc) is 2.67. The molecule has 2 aromatic rings. The number of piperidine rings is 1. The number of hydrogen-bond donors (Lipinski definition) is 1. The monoisotopic (exact) mass is 315 g/mol. The Morgan fingerprint density at radius 1 is 0.958 bits per heavy atom. The Hall–Kier alpha value is -1.86. The summed E-state index contributed by atoms with van der Waals surface area (Å²) in [5.74, 6) is 1.61. The molecule has 1 heteroatoms. The smallest absolute Gasteiger partial charge is 0.00461 e. The van der Waals surface area contributed by atoms with E-state index in [4.69, 9.17) is 0 Å². The Bertz CT molecular complexity index is 836. The molecule has 0 bridgehead atoms. The minimum atomic E-state index is 0.755. The topological polar surface area (TPSA) is 12.0 Å². The SMILES string of the molecule is C1=CC2=C(CC1)C(C1CCNCC1)Cc1c2ccc2ccccc12. The summed E-state index contributed by atoms with van der Waals surface area (Å²) in [6, 6.07) is 13.6. The molecule has 1 atom stereocenters. The minimum Gasteiger partial charge on any atom is -0.317 e. The van der Waals surface area contributed by atoms with Gasteiger partial charge in [-0.05, 0) is 84.5 Å². The fourth-order valence-corrected chi connectivity index (χ4v) is 5.18. The summed E-state index contributed by atoms with van der Waals surface area (Å²) in [6.45, 7) is 2.39. The quantitative estimate of drug-likeness (QED) is 0.770. The first-order valence-electron chi connectivity index (χ1n) is 9.53. The van der Waals surface area contributed by atoms with Crippen LogP contribution in [-0.4, -0.2) is 13.1 Å². The third kappa shape index (κ3) is 2.26. The maximum Gasteiger partial charge on any atom is -0.00461 e. The van der Waals surface area contributed by atoms with Gasteiger partial charge in [0.2, 0.25) is 0 Å². The second-order valence-corrected chi connectivity index (χ2v) is 7.59. The Labute approximate surface area is 144 Å². The predicted molar refractivity (Wildman–Crippen MR) is 102 cm³/mol. The van der Waals surface area contributed by atoms with Gasteiger partial charge < -0.3 is 5.32 Å². The summed E-state index contributed by atoms with van der Waals surface area (Å²) in [5, 5.41) is 6.41. The van der Waals surface area contributed by atoms with Crippen LogP contribution in [0.5, 0.6) is 0 Å². The van der Waals surface area contributed by atoms with Crippen molar-refractivity contribution < 1.29 is 0 Å². The molecule has 0 radical (unpaired) electrons. The van der Waals surface area contributed by atoms with Gasteiger partial charge in [0.25, 0.3) is 0 Å². The highest BCUT2D eigenvalue weighted by Crippen LogP contribution is 2.46. The number of nitrogens with one attached hydrogen (secondary N) is 1. The van der Waals surface area contributed by atoms with Crippen LogP contribution in [0.3, 0.4) is 0 Å². The Kier molecular flexibility index (Phi) is 3.56. The molecule has 0 saturated carbocycles. The van der Waals surface area contributed by atoms with Crippen LogP contribution in [0.25, 0.3) is 16.3 Å². The van der Waals surface area contributed by atoms with Gasteiger partial charge in [-0.15, -0.1) is 0 Å². The van der Waals surface area contributed by atoms with E-state index in [1.54, 1.807) is 16.7 Å². The van der Waals surface area contributed by atoms with Crippen LogP contribution in [0.4, 0.5) is 0 Å². The molecule has 1 unspecified atom stereocenters. The van der Waals surface area contributed by atoms with Gasteiger partial charge in [0.15, 0.2) is 0 Å². The normalized spacial score (nSPS) is 24.1. The summed E-state index contributed by atoms with van der Waals surface area (Å²) < 4.78 is 0. The lowest BCUT2D eigenvalue weighted by Crippen LogP contribution is -2.34. The molecule has 2 aliphatic carbocycles. The van der Waals surface area contributed by atoms with Crippen LogP contribution in [0.2, 0.25) is 0 Å². The maximum absolute atomic E-state index is 3.54. The second-order valence-electron chi connectivity index (χ2n) is 7.59. The highest BCUT2D eigenvalue weighted by Gasteiger charge is 2.33. The van der Waals surface area contributed by atoms with E-state index in [0.29, 0.717) is 0 Å². The molecule has 0 spiro atoms. The molecular weight excluding hydrogens is 290 g/mol. The van der Waals surface area contributed by atoms with Gasteiger partial charge in [0, 0.05) is 0 Å². The van der Waals surface area contributed by atoms with E-state index in [1.807, 2.05) is 0 Å². The Morgan fingerprint density at radius 2 is 1.83 bits per heavy atom. The lowest BCUT2D eigenvalue weighted by molar-refractivity contribution is 0.282. The molecule has 1 aliphatic heterocycles. The van der Waals surface area contributed by atoms with E-state index < -0.39 is 0 Å². The molecule has 1 fully saturated rings. The van der Waals surface area contributed by atoms with Crippen LogP contribution >= 0.6 is 0 Å². The molecule has 2 aromatic carbocycles. The van der Waals surface area contributed by atoms with Crippen molar-refractivity contribution in [2.75, 3.05) is 13.1 Å². The summed E-state index contributed by atoms with van der Waals surface area (Å²) in [6.07, 6.45) is 11.2. The van der Waals surface area contributed by atoms with Gasteiger partial charge in [0.05, 0.1) is 0 Å². The molecule has 5 rings (SSSR count). The minimum absolute atomic E-state index is 0.755. The lowest BCUT2D eigenvalue weighted by Gasteiger charge is -2.38. The largest absolute Gasteiger partial charge is 0.317 e.